The van der Waals surface area contributed by atoms with Crippen LogP contribution in [0.15, 0.2) is 0 Å². The first kappa shape index (κ1) is 6.99. The number of likely N-dealkylation sites (N-methyl/N-ethyl adjacent to an activating group) is 1. The smallest absolute Gasteiger partial charge is 0.0576 e. The van der Waals surface area contributed by atoms with Crippen LogP contribution < -0.4 is 11.1 Å². The van der Waals surface area contributed by atoms with E-state index >= 15 is 0 Å². The molecular formula is C6H15N3. The second-order valence-electron chi connectivity index (χ2n) is 2.93. The van der Waals surface area contributed by atoms with Gasteiger partial charge in [0.1, 0.15) is 0 Å². The van der Waals surface area contributed by atoms with Gasteiger partial charge in [0.05, 0.1) is 5.54 Å². The van der Waals surface area contributed by atoms with Gasteiger partial charge in [-0.2, -0.15) is 0 Å². The predicted octanol–water partition coefficient (Wildman–Crippen LogP) is -1.15. The van der Waals surface area contributed by atoms with Gasteiger partial charge in [-0.3, -0.25) is 0 Å². The fraction of sp³-hybridized carbons (Fsp3) is 1.00. The number of nitrogens with two attached hydrogens (primary N) is 1. The number of rotatable bonds is 2. The first-order valence-electron chi connectivity index (χ1n) is 3.29. The molecule has 0 saturated carbocycles. The summed E-state index contributed by atoms with van der Waals surface area (Å²) in [5.41, 5.74) is 5.85. The minimum absolute atomic E-state index is 0.264. The molecule has 1 fully saturated rings. The Balaban J connectivity index is 2.46. The summed E-state index contributed by atoms with van der Waals surface area (Å²) in [7, 11) is 4.15. The summed E-state index contributed by atoms with van der Waals surface area (Å²) in [4.78, 5) is 2.20. The van der Waals surface area contributed by atoms with Crippen LogP contribution in [0.2, 0.25) is 0 Å². The maximum absolute atomic E-state index is 5.59. The van der Waals surface area contributed by atoms with Crippen molar-refractivity contribution in [1.82, 2.24) is 10.2 Å². The normalized spacial score (nSPS) is 24.0. The lowest BCUT2D eigenvalue weighted by Gasteiger charge is -2.47. The van der Waals surface area contributed by atoms with Crippen molar-refractivity contribution in [3.8, 4) is 0 Å². The summed E-state index contributed by atoms with van der Waals surface area (Å²) < 4.78 is 0. The third-order valence-corrected chi connectivity index (χ3v) is 2.24. The van der Waals surface area contributed by atoms with E-state index in [1.807, 2.05) is 0 Å². The van der Waals surface area contributed by atoms with Crippen molar-refractivity contribution in [3.05, 3.63) is 0 Å². The minimum atomic E-state index is 0.264. The molecule has 0 unspecified atom stereocenters. The Hall–Kier alpha value is -0.120. The molecule has 1 rings (SSSR count). The standard InChI is InChI=1S/C6H15N3/c1-9(2)6(3-7)4-8-5-6/h8H,3-5,7H2,1-2H3. The van der Waals surface area contributed by atoms with Crippen LogP contribution in [-0.4, -0.2) is 44.2 Å². The van der Waals surface area contributed by atoms with Gasteiger partial charge >= 0.3 is 0 Å². The highest BCUT2D eigenvalue weighted by molar-refractivity contribution is 5.00. The number of hydrogen-bond acceptors (Lipinski definition) is 3. The summed E-state index contributed by atoms with van der Waals surface area (Å²) >= 11 is 0. The van der Waals surface area contributed by atoms with Gasteiger partial charge in [0.2, 0.25) is 0 Å². The molecule has 3 N–H and O–H groups in total. The first-order chi connectivity index (χ1) is 4.21. The average molecular weight is 129 g/mol. The van der Waals surface area contributed by atoms with Crippen LogP contribution in [-0.2, 0) is 0 Å². The Labute approximate surface area is 56.2 Å². The van der Waals surface area contributed by atoms with Crippen molar-refractivity contribution in [2.24, 2.45) is 5.73 Å². The number of hydrogen-bond donors (Lipinski definition) is 2. The number of nitrogens with one attached hydrogen (secondary N) is 1. The Morgan fingerprint density at radius 3 is 2.11 bits per heavy atom. The van der Waals surface area contributed by atoms with Gasteiger partial charge in [-0.1, -0.05) is 0 Å². The molecule has 54 valence electrons. The van der Waals surface area contributed by atoms with Gasteiger partial charge in [0.15, 0.2) is 0 Å². The minimum Gasteiger partial charge on any atom is -0.329 e. The van der Waals surface area contributed by atoms with E-state index in [1.165, 1.54) is 0 Å². The molecule has 0 spiro atoms. The highest BCUT2D eigenvalue weighted by Crippen LogP contribution is 2.14. The Bertz CT molecular complexity index is 91.0. The van der Waals surface area contributed by atoms with Crippen molar-refractivity contribution < 1.29 is 0 Å². The van der Waals surface area contributed by atoms with E-state index in [1.54, 1.807) is 0 Å². The first-order valence-corrected chi connectivity index (χ1v) is 3.29. The molecular weight excluding hydrogens is 114 g/mol. The average Bonchev–Trinajstić information content (AvgIpc) is 1.62. The van der Waals surface area contributed by atoms with Crippen molar-refractivity contribution in [3.63, 3.8) is 0 Å². The third-order valence-electron chi connectivity index (χ3n) is 2.24. The van der Waals surface area contributed by atoms with Crippen molar-refractivity contribution in [2.75, 3.05) is 33.7 Å². The zero-order valence-electron chi connectivity index (χ0n) is 6.15. The second-order valence-corrected chi connectivity index (χ2v) is 2.93. The Morgan fingerprint density at radius 1 is 1.56 bits per heavy atom. The van der Waals surface area contributed by atoms with Crippen LogP contribution in [0.1, 0.15) is 0 Å². The van der Waals surface area contributed by atoms with Crippen molar-refractivity contribution in [2.45, 2.75) is 5.54 Å². The maximum atomic E-state index is 5.59. The van der Waals surface area contributed by atoms with E-state index in [9.17, 15) is 0 Å². The molecule has 3 nitrogen and oxygen atoms in total. The van der Waals surface area contributed by atoms with E-state index in [4.69, 9.17) is 5.73 Å². The quantitative estimate of drug-likeness (QED) is 0.494. The monoisotopic (exact) mass is 129 g/mol. The van der Waals surface area contributed by atoms with Gasteiger partial charge in [0, 0.05) is 19.6 Å². The van der Waals surface area contributed by atoms with Crippen LogP contribution in [0.25, 0.3) is 0 Å². The summed E-state index contributed by atoms with van der Waals surface area (Å²) in [6.07, 6.45) is 0. The zero-order valence-corrected chi connectivity index (χ0v) is 6.15. The molecule has 0 aromatic carbocycles. The molecule has 0 bridgehead atoms. The summed E-state index contributed by atoms with van der Waals surface area (Å²) in [5, 5.41) is 3.21. The van der Waals surface area contributed by atoms with E-state index in [0.717, 1.165) is 19.6 Å². The van der Waals surface area contributed by atoms with E-state index < -0.39 is 0 Å². The maximum Gasteiger partial charge on any atom is 0.0576 e. The van der Waals surface area contributed by atoms with Crippen LogP contribution in [0, 0.1) is 0 Å². The van der Waals surface area contributed by atoms with Gasteiger partial charge in [-0.25, -0.2) is 0 Å². The lowest BCUT2D eigenvalue weighted by molar-refractivity contribution is 0.0943. The highest BCUT2D eigenvalue weighted by atomic mass is 15.3. The summed E-state index contributed by atoms with van der Waals surface area (Å²) in [5.74, 6) is 0. The third kappa shape index (κ3) is 0.956. The van der Waals surface area contributed by atoms with Crippen molar-refractivity contribution >= 4 is 0 Å². The lowest BCUT2D eigenvalue weighted by Crippen LogP contribution is -2.70. The second kappa shape index (κ2) is 2.25. The SMILES string of the molecule is CN(C)C1(CN)CNC1. The van der Waals surface area contributed by atoms with Crippen LogP contribution in [0.5, 0.6) is 0 Å². The van der Waals surface area contributed by atoms with Crippen LogP contribution in [0.4, 0.5) is 0 Å². The van der Waals surface area contributed by atoms with Gasteiger partial charge in [-0.15, -0.1) is 0 Å². The fourth-order valence-electron chi connectivity index (χ4n) is 1.06. The molecule has 0 aromatic heterocycles. The molecule has 1 aliphatic heterocycles. The molecule has 0 atom stereocenters. The molecule has 1 heterocycles. The zero-order chi connectivity index (χ0) is 6.91. The van der Waals surface area contributed by atoms with Crippen LogP contribution in [0.3, 0.4) is 0 Å². The lowest BCUT2D eigenvalue weighted by atomic mass is 9.91. The van der Waals surface area contributed by atoms with Crippen LogP contribution >= 0.6 is 0 Å². The molecule has 9 heavy (non-hydrogen) atoms. The largest absolute Gasteiger partial charge is 0.329 e. The Kier molecular flexibility index (Phi) is 1.75. The summed E-state index contributed by atoms with van der Waals surface area (Å²) in [6.45, 7) is 2.83. The molecule has 0 radical (unpaired) electrons. The van der Waals surface area contributed by atoms with Gasteiger partial charge in [-0.05, 0) is 14.1 Å². The molecule has 1 aliphatic rings. The predicted molar refractivity (Wildman–Crippen MR) is 38.3 cm³/mol. The Morgan fingerprint density at radius 2 is 2.11 bits per heavy atom. The fourth-order valence-corrected chi connectivity index (χ4v) is 1.06. The van der Waals surface area contributed by atoms with Gasteiger partial charge in [0.25, 0.3) is 0 Å². The topological polar surface area (TPSA) is 41.3 Å². The number of nitrogens with zero attached hydrogens (tertiary/aromatic N) is 1. The molecule has 1 saturated heterocycles. The van der Waals surface area contributed by atoms with E-state index in [-0.39, 0.29) is 5.54 Å². The van der Waals surface area contributed by atoms with Gasteiger partial charge < -0.3 is 16.0 Å². The molecule has 3 heteroatoms. The highest BCUT2D eigenvalue weighted by Gasteiger charge is 2.37. The van der Waals surface area contributed by atoms with Crippen molar-refractivity contribution in [1.29, 1.82) is 0 Å². The molecule has 0 amide bonds. The molecule has 0 aromatic rings. The van der Waals surface area contributed by atoms with E-state index in [2.05, 4.69) is 24.3 Å². The summed E-state index contributed by atoms with van der Waals surface area (Å²) in [6, 6.07) is 0. The van der Waals surface area contributed by atoms with E-state index in [0.29, 0.717) is 0 Å². The molecule has 0 aliphatic carbocycles.